The highest BCUT2D eigenvalue weighted by molar-refractivity contribution is 6.30. The number of nitrogens with zero attached hydrogens (tertiary/aromatic N) is 2. The normalized spacial score (nSPS) is 10.5. The highest BCUT2D eigenvalue weighted by Gasteiger charge is 2.17. The number of nitrogens with one attached hydrogen (secondary N) is 1. The van der Waals surface area contributed by atoms with E-state index in [0.29, 0.717) is 16.5 Å². The minimum Gasteiger partial charge on any atom is -0.484 e. The summed E-state index contributed by atoms with van der Waals surface area (Å²) in [6, 6.07) is 12.7. The molecule has 3 aromatic rings. The summed E-state index contributed by atoms with van der Waals surface area (Å²) in [7, 11) is 0. The van der Waals surface area contributed by atoms with Crippen molar-refractivity contribution in [2.24, 2.45) is 0 Å². The molecule has 0 unspecified atom stereocenters. The second-order valence-corrected chi connectivity index (χ2v) is 6.01. The van der Waals surface area contributed by atoms with Crippen LogP contribution in [0.5, 0.6) is 5.75 Å². The molecule has 2 aromatic carbocycles. The van der Waals surface area contributed by atoms with Crippen molar-refractivity contribution >= 4 is 23.3 Å². The van der Waals surface area contributed by atoms with E-state index >= 15 is 0 Å². The first-order valence-corrected chi connectivity index (χ1v) is 7.99. The van der Waals surface area contributed by atoms with Crippen LogP contribution < -0.4 is 10.1 Å². The Morgan fingerprint density at radius 1 is 1.16 bits per heavy atom. The molecule has 0 spiro atoms. The van der Waals surface area contributed by atoms with Gasteiger partial charge in [-0.05, 0) is 60.1 Å². The first kappa shape index (κ1) is 17.0. The Balaban J connectivity index is 1.69. The summed E-state index contributed by atoms with van der Waals surface area (Å²) in [5.74, 6) is 0.447. The molecule has 3 rings (SSSR count). The molecule has 0 aliphatic rings. The van der Waals surface area contributed by atoms with E-state index in [9.17, 15) is 4.79 Å². The summed E-state index contributed by atoms with van der Waals surface area (Å²) in [6.45, 7) is 3.77. The molecular formula is C18H16ClN3O3. The van der Waals surface area contributed by atoms with E-state index in [1.165, 1.54) is 0 Å². The third kappa shape index (κ3) is 4.16. The van der Waals surface area contributed by atoms with Gasteiger partial charge in [0.05, 0.1) is 0 Å². The number of carbonyl (C=O) groups is 1. The number of aromatic nitrogens is 2. The predicted octanol–water partition coefficient (Wildman–Crippen LogP) is 4.02. The Hall–Kier alpha value is -2.86. The lowest BCUT2D eigenvalue weighted by atomic mass is 10.0. The van der Waals surface area contributed by atoms with Crippen molar-refractivity contribution in [2.75, 3.05) is 11.9 Å². The minimum absolute atomic E-state index is 0.166. The van der Waals surface area contributed by atoms with Crippen molar-refractivity contribution in [3.05, 3.63) is 58.6 Å². The zero-order valence-corrected chi connectivity index (χ0v) is 14.5. The van der Waals surface area contributed by atoms with Gasteiger partial charge in [-0.1, -0.05) is 29.3 Å². The second-order valence-electron chi connectivity index (χ2n) is 5.57. The summed E-state index contributed by atoms with van der Waals surface area (Å²) in [6.07, 6.45) is 0. The number of anilines is 1. The van der Waals surface area contributed by atoms with Crippen molar-refractivity contribution < 1.29 is 14.2 Å². The van der Waals surface area contributed by atoms with Gasteiger partial charge in [-0.15, -0.1) is 0 Å². The van der Waals surface area contributed by atoms with Gasteiger partial charge in [0.1, 0.15) is 5.75 Å². The second kappa shape index (κ2) is 7.36. The lowest BCUT2D eigenvalue weighted by Gasteiger charge is -2.08. The zero-order chi connectivity index (χ0) is 17.8. The van der Waals surface area contributed by atoms with Gasteiger partial charge in [-0.2, -0.15) is 0 Å². The fourth-order valence-corrected chi connectivity index (χ4v) is 2.41. The summed E-state index contributed by atoms with van der Waals surface area (Å²) in [4.78, 5) is 12.1. The number of hydrogen-bond donors (Lipinski definition) is 1. The maximum absolute atomic E-state index is 12.1. The van der Waals surface area contributed by atoms with Crippen LogP contribution in [-0.4, -0.2) is 22.8 Å². The molecule has 7 heteroatoms. The van der Waals surface area contributed by atoms with Crippen LogP contribution in [0.25, 0.3) is 11.3 Å². The zero-order valence-electron chi connectivity index (χ0n) is 13.7. The summed E-state index contributed by atoms with van der Waals surface area (Å²) >= 11 is 5.81. The van der Waals surface area contributed by atoms with E-state index in [0.717, 1.165) is 16.7 Å². The van der Waals surface area contributed by atoms with Crippen LogP contribution >= 0.6 is 11.6 Å². The van der Waals surface area contributed by atoms with Crippen molar-refractivity contribution in [3.63, 3.8) is 0 Å². The molecule has 25 heavy (non-hydrogen) atoms. The Labute approximate surface area is 149 Å². The topological polar surface area (TPSA) is 77.3 Å². The fourth-order valence-electron chi connectivity index (χ4n) is 2.29. The number of rotatable bonds is 5. The number of hydrogen-bond acceptors (Lipinski definition) is 5. The third-order valence-corrected chi connectivity index (χ3v) is 3.83. The highest BCUT2D eigenvalue weighted by Crippen LogP contribution is 2.28. The number of ether oxygens (including phenoxy) is 1. The van der Waals surface area contributed by atoms with Crippen molar-refractivity contribution in [3.8, 4) is 17.0 Å². The van der Waals surface area contributed by atoms with E-state index in [1.54, 1.807) is 24.3 Å². The Bertz CT molecular complexity index is 891. The molecule has 0 aliphatic carbocycles. The first-order chi connectivity index (χ1) is 12.0. The van der Waals surface area contributed by atoms with Gasteiger partial charge in [0.2, 0.25) is 5.82 Å². The van der Waals surface area contributed by atoms with E-state index in [2.05, 4.69) is 15.6 Å². The molecule has 0 atom stereocenters. The van der Waals surface area contributed by atoms with Gasteiger partial charge in [0, 0.05) is 10.6 Å². The molecule has 0 saturated heterocycles. The number of carbonyl (C=O) groups excluding carboxylic acids is 1. The molecule has 0 saturated carbocycles. The lowest BCUT2D eigenvalue weighted by molar-refractivity contribution is -0.118. The predicted molar refractivity (Wildman–Crippen MR) is 94.8 cm³/mol. The molecule has 0 radical (unpaired) electrons. The Morgan fingerprint density at radius 3 is 2.68 bits per heavy atom. The van der Waals surface area contributed by atoms with Crippen LogP contribution in [0.15, 0.2) is 47.1 Å². The number of benzene rings is 2. The number of amides is 1. The summed E-state index contributed by atoms with van der Waals surface area (Å²) < 4.78 is 10.2. The van der Waals surface area contributed by atoms with Crippen LogP contribution in [0.1, 0.15) is 11.1 Å². The molecule has 6 nitrogen and oxygen atoms in total. The van der Waals surface area contributed by atoms with E-state index in [4.69, 9.17) is 21.0 Å². The molecule has 128 valence electrons. The maximum Gasteiger partial charge on any atom is 0.263 e. The molecule has 1 heterocycles. The van der Waals surface area contributed by atoms with Crippen LogP contribution in [0, 0.1) is 13.8 Å². The molecule has 0 fully saturated rings. The van der Waals surface area contributed by atoms with Gasteiger partial charge in [0.15, 0.2) is 12.3 Å². The van der Waals surface area contributed by atoms with Crippen LogP contribution in [0.4, 0.5) is 5.82 Å². The maximum atomic E-state index is 12.1. The van der Waals surface area contributed by atoms with Gasteiger partial charge in [-0.25, -0.2) is 4.63 Å². The number of aryl methyl sites for hydroxylation is 2. The molecule has 1 N–H and O–H groups in total. The molecular weight excluding hydrogens is 342 g/mol. The summed E-state index contributed by atoms with van der Waals surface area (Å²) in [5, 5.41) is 11.0. The van der Waals surface area contributed by atoms with Gasteiger partial charge in [-0.3, -0.25) is 4.79 Å². The average molecular weight is 358 g/mol. The molecule has 0 bridgehead atoms. The first-order valence-electron chi connectivity index (χ1n) is 7.61. The standard InChI is InChI=1S/C18H16ClN3O3/c1-11-3-4-12(2)15(9-11)17-18(22-25-21-17)20-16(23)10-24-14-7-5-13(19)6-8-14/h3-9H,10H2,1-2H3,(H,20,22,23). The molecule has 0 aliphatic heterocycles. The van der Waals surface area contributed by atoms with E-state index in [1.807, 2.05) is 32.0 Å². The Morgan fingerprint density at radius 2 is 1.92 bits per heavy atom. The SMILES string of the molecule is Cc1ccc(C)c(-c2nonc2NC(=O)COc2ccc(Cl)cc2)c1. The van der Waals surface area contributed by atoms with Crippen LogP contribution in [0.2, 0.25) is 5.02 Å². The van der Waals surface area contributed by atoms with Gasteiger partial charge < -0.3 is 10.1 Å². The van der Waals surface area contributed by atoms with Crippen molar-refractivity contribution in [2.45, 2.75) is 13.8 Å². The van der Waals surface area contributed by atoms with Gasteiger partial charge >= 0.3 is 0 Å². The molecule has 1 aromatic heterocycles. The van der Waals surface area contributed by atoms with E-state index < -0.39 is 0 Å². The van der Waals surface area contributed by atoms with Crippen molar-refractivity contribution in [1.82, 2.24) is 10.3 Å². The van der Waals surface area contributed by atoms with Crippen LogP contribution in [0.3, 0.4) is 0 Å². The van der Waals surface area contributed by atoms with Crippen LogP contribution in [-0.2, 0) is 4.79 Å². The quantitative estimate of drug-likeness (QED) is 0.746. The number of halogens is 1. The lowest BCUT2D eigenvalue weighted by Crippen LogP contribution is -2.20. The third-order valence-electron chi connectivity index (χ3n) is 3.58. The van der Waals surface area contributed by atoms with Gasteiger partial charge in [0.25, 0.3) is 5.91 Å². The fraction of sp³-hybridized carbons (Fsp3) is 0.167. The highest BCUT2D eigenvalue weighted by atomic mass is 35.5. The molecule has 1 amide bonds. The average Bonchev–Trinajstić information content (AvgIpc) is 3.04. The summed E-state index contributed by atoms with van der Waals surface area (Å²) in [5.41, 5.74) is 3.43. The Kier molecular flexibility index (Phi) is 5.00. The van der Waals surface area contributed by atoms with Crippen molar-refractivity contribution in [1.29, 1.82) is 0 Å². The monoisotopic (exact) mass is 357 g/mol. The van der Waals surface area contributed by atoms with E-state index in [-0.39, 0.29) is 18.3 Å². The minimum atomic E-state index is -0.364. The smallest absolute Gasteiger partial charge is 0.263 e. The largest absolute Gasteiger partial charge is 0.484 e.